The van der Waals surface area contributed by atoms with Gasteiger partial charge < -0.3 is 15.7 Å². The van der Waals surface area contributed by atoms with E-state index in [1.165, 1.54) is 0 Å². The van der Waals surface area contributed by atoms with Crippen LogP contribution >= 0.6 is 35.3 Å². The first-order chi connectivity index (χ1) is 18.2. The molecule has 12 heteroatoms. The smallest absolute Gasteiger partial charge is 0.228 e. The number of aryl methyl sites for hydroxylation is 1. The first-order valence-corrected chi connectivity index (χ1v) is 14.6. The fourth-order valence-electron chi connectivity index (χ4n) is 3.07. The third-order valence-corrected chi connectivity index (χ3v) is 7.45. The van der Waals surface area contributed by atoms with Gasteiger partial charge in [-0.2, -0.15) is 11.8 Å². The van der Waals surface area contributed by atoms with Crippen LogP contribution in [0.4, 0.5) is 0 Å². The summed E-state index contributed by atoms with van der Waals surface area (Å²) >= 11 is 3.32. The number of benzene rings is 2. The summed E-state index contributed by atoms with van der Waals surface area (Å²) in [5.74, 6) is 0.504. The summed E-state index contributed by atoms with van der Waals surface area (Å²) in [4.78, 5) is 24.0. The second-order valence-electron chi connectivity index (χ2n) is 8.03. The van der Waals surface area contributed by atoms with Gasteiger partial charge in [0.2, 0.25) is 11.8 Å². The quantitative estimate of drug-likeness (QED) is 0.109. The largest absolute Gasteiger partial charge is 0.388 e. The summed E-state index contributed by atoms with van der Waals surface area (Å²) in [5, 5.41) is 47.1. The Kier molecular flexibility index (Phi) is 14.5. The highest BCUT2D eigenvalue weighted by Crippen LogP contribution is 2.17. The molecule has 0 saturated heterocycles. The van der Waals surface area contributed by atoms with Crippen molar-refractivity contribution in [2.24, 2.45) is 0 Å². The Morgan fingerprint density at radius 1 is 0.737 bits per heavy atom. The molecular formula is C26H32N6O3S3. The molecule has 0 fully saturated rings. The van der Waals surface area contributed by atoms with Crippen molar-refractivity contribution in [2.75, 3.05) is 11.5 Å². The maximum Gasteiger partial charge on any atom is 0.228 e. The molecule has 0 bridgehead atoms. The minimum atomic E-state index is -0.957. The van der Waals surface area contributed by atoms with E-state index in [2.05, 4.69) is 10.6 Å². The monoisotopic (exact) mass is 572 g/mol. The number of hydrogen-bond donors (Lipinski definition) is 7. The third kappa shape index (κ3) is 13.6. The Hall–Kier alpha value is -2.93. The molecule has 9 nitrogen and oxygen atoms in total. The van der Waals surface area contributed by atoms with Crippen LogP contribution in [0.2, 0.25) is 0 Å². The van der Waals surface area contributed by atoms with Gasteiger partial charge in [-0.05, 0) is 52.6 Å². The molecule has 202 valence electrons. The van der Waals surface area contributed by atoms with Crippen LogP contribution in [-0.4, -0.2) is 48.8 Å². The summed E-state index contributed by atoms with van der Waals surface area (Å²) in [5.41, 5.74) is 1.68. The number of aliphatic hydroxyl groups is 1. The molecule has 0 aliphatic carbocycles. The van der Waals surface area contributed by atoms with Crippen molar-refractivity contribution >= 4 is 67.5 Å². The first-order valence-electron chi connectivity index (χ1n) is 11.8. The van der Waals surface area contributed by atoms with Crippen molar-refractivity contribution < 1.29 is 14.7 Å². The van der Waals surface area contributed by atoms with Crippen molar-refractivity contribution in [3.8, 4) is 0 Å². The van der Waals surface area contributed by atoms with E-state index in [4.69, 9.17) is 21.6 Å². The van der Waals surface area contributed by atoms with Crippen LogP contribution in [0.1, 0.15) is 42.9 Å². The van der Waals surface area contributed by atoms with Gasteiger partial charge in [-0.25, -0.2) is 0 Å². The molecule has 1 atom stereocenters. The van der Waals surface area contributed by atoms with E-state index in [-0.39, 0.29) is 39.2 Å². The zero-order valence-electron chi connectivity index (χ0n) is 20.8. The highest BCUT2D eigenvalue weighted by atomic mass is 32.2. The van der Waals surface area contributed by atoms with Crippen LogP contribution in [0.15, 0.2) is 60.7 Å². The zero-order chi connectivity index (χ0) is 27.8. The fourth-order valence-corrected chi connectivity index (χ4v) is 5.46. The van der Waals surface area contributed by atoms with Gasteiger partial charge in [-0.3, -0.25) is 31.2 Å². The van der Waals surface area contributed by atoms with Crippen LogP contribution in [0.5, 0.6) is 0 Å². The molecule has 0 aliphatic heterocycles. The summed E-state index contributed by atoms with van der Waals surface area (Å²) in [6, 6.07) is 18.5. The standard InChI is InChI=1S/C26H32N6O3S3/c27-21(37-25(29)31-23(34)12-11-18-7-3-1-4-8-18)13-15-36-16-14-22(28)38-26(30)32-24(35)17-20(33)19-9-5-2-6-10-19/h1-10,20,27-28,33H,11-17H2,(H2,29,31,34)(H2,30,32,35). The molecule has 0 heterocycles. The van der Waals surface area contributed by atoms with E-state index in [0.29, 0.717) is 36.3 Å². The second-order valence-corrected chi connectivity index (χ2v) is 11.5. The minimum Gasteiger partial charge on any atom is -0.388 e. The lowest BCUT2D eigenvalue weighted by Crippen LogP contribution is -2.29. The van der Waals surface area contributed by atoms with Crippen LogP contribution in [0.3, 0.4) is 0 Å². The van der Waals surface area contributed by atoms with E-state index in [0.717, 1.165) is 29.1 Å². The van der Waals surface area contributed by atoms with Crippen LogP contribution in [0.25, 0.3) is 0 Å². The Morgan fingerprint density at radius 2 is 1.24 bits per heavy atom. The molecule has 2 amide bonds. The number of carbonyl (C=O) groups is 2. The zero-order valence-corrected chi connectivity index (χ0v) is 23.2. The van der Waals surface area contributed by atoms with Gasteiger partial charge in [-0.1, -0.05) is 60.7 Å². The van der Waals surface area contributed by atoms with Crippen LogP contribution in [0, 0.1) is 21.6 Å². The van der Waals surface area contributed by atoms with Gasteiger partial charge in [-0.15, -0.1) is 0 Å². The molecule has 2 aromatic carbocycles. The molecule has 38 heavy (non-hydrogen) atoms. The van der Waals surface area contributed by atoms with Gasteiger partial charge in [0.1, 0.15) is 0 Å². The maximum atomic E-state index is 12.0. The molecule has 0 spiro atoms. The molecule has 0 aliphatic rings. The summed E-state index contributed by atoms with van der Waals surface area (Å²) in [6.07, 6.45) is 0.587. The Bertz CT molecular complexity index is 1120. The molecule has 7 N–H and O–H groups in total. The summed E-state index contributed by atoms with van der Waals surface area (Å²) in [6.45, 7) is 0. The molecule has 2 rings (SSSR count). The molecule has 0 saturated carbocycles. The van der Waals surface area contributed by atoms with Crippen molar-refractivity contribution in [1.29, 1.82) is 21.6 Å². The van der Waals surface area contributed by atoms with Crippen molar-refractivity contribution in [3.63, 3.8) is 0 Å². The van der Waals surface area contributed by atoms with E-state index >= 15 is 0 Å². The minimum absolute atomic E-state index is 0.0620. The van der Waals surface area contributed by atoms with Gasteiger partial charge >= 0.3 is 0 Å². The summed E-state index contributed by atoms with van der Waals surface area (Å²) in [7, 11) is 0. The number of rotatable bonds is 12. The van der Waals surface area contributed by atoms with Crippen LogP contribution < -0.4 is 10.6 Å². The van der Waals surface area contributed by atoms with E-state index in [1.54, 1.807) is 36.0 Å². The highest BCUT2D eigenvalue weighted by molar-refractivity contribution is 8.26. The topological polar surface area (TPSA) is 174 Å². The predicted octanol–water partition coefficient (Wildman–Crippen LogP) is 4.78. The molecule has 1 unspecified atom stereocenters. The Labute approximate surface area is 235 Å². The van der Waals surface area contributed by atoms with Crippen molar-refractivity contribution in [1.82, 2.24) is 10.6 Å². The van der Waals surface area contributed by atoms with Gasteiger partial charge in [0.25, 0.3) is 0 Å². The van der Waals surface area contributed by atoms with E-state index in [1.807, 2.05) is 36.4 Å². The number of thioether (sulfide) groups is 3. The number of hydrogen-bond acceptors (Lipinski definition) is 10. The van der Waals surface area contributed by atoms with Gasteiger partial charge in [0.05, 0.1) is 22.6 Å². The van der Waals surface area contributed by atoms with Crippen molar-refractivity contribution in [2.45, 2.75) is 38.2 Å². The van der Waals surface area contributed by atoms with Gasteiger partial charge in [0.15, 0.2) is 10.3 Å². The summed E-state index contributed by atoms with van der Waals surface area (Å²) < 4.78 is 0. The Morgan fingerprint density at radius 3 is 1.79 bits per heavy atom. The van der Waals surface area contributed by atoms with E-state index < -0.39 is 12.0 Å². The Balaban J connectivity index is 1.52. The number of amides is 2. The highest BCUT2D eigenvalue weighted by Gasteiger charge is 2.15. The molecule has 2 aromatic rings. The predicted molar refractivity (Wildman–Crippen MR) is 160 cm³/mol. The number of carbonyl (C=O) groups excluding carboxylic acids is 2. The van der Waals surface area contributed by atoms with Gasteiger partial charge in [0, 0.05) is 19.3 Å². The molecule has 0 radical (unpaired) electrons. The lowest BCUT2D eigenvalue weighted by Gasteiger charge is -2.11. The average molecular weight is 573 g/mol. The van der Waals surface area contributed by atoms with E-state index in [9.17, 15) is 14.7 Å². The molecular weight excluding hydrogens is 541 g/mol. The fraction of sp³-hybridized carbons (Fsp3) is 0.308. The molecule has 0 aromatic heterocycles. The maximum absolute atomic E-state index is 12.0. The normalized spacial score (nSPS) is 11.3. The van der Waals surface area contributed by atoms with Crippen molar-refractivity contribution in [3.05, 3.63) is 71.8 Å². The second kappa shape index (κ2) is 17.6. The third-order valence-electron chi connectivity index (χ3n) is 4.95. The lowest BCUT2D eigenvalue weighted by molar-refractivity contribution is -0.121. The average Bonchev–Trinajstić information content (AvgIpc) is 2.88. The SMILES string of the molecule is N=C(CCSCCC(=N)SC(=N)NC(=O)CC(O)c1ccccc1)SC(=N)NC(=O)CCc1ccccc1. The lowest BCUT2D eigenvalue weighted by atomic mass is 10.1. The van der Waals surface area contributed by atoms with Crippen LogP contribution in [-0.2, 0) is 16.0 Å². The number of amidine groups is 2. The number of aliphatic hydroxyl groups excluding tert-OH is 1. The number of nitrogens with one attached hydrogen (secondary N) is 6. The first kappa shape index (κ1) is 31.3.